The van der Waals surface area contributed by atoms with Gasteiger partial charge >= 0.3 is 0 Å². The average molecular weight is 491 g/mol. The smallest absolute Gasteiger partial charge is 0.279 e. The Morgan fingerprint density at radius 2 is 1.53 bits per heavy atom. The van der Waals surface area contributed by atoms with E-state index in [-0.39, 0.29) is 23.9 Å². The first-order chi connectivity index (χ1) is 17.2. The number of hydrogen-bond donors (Lipinski definition) is 1. The van der Waals surface area contributed by atoms with Gasteiger partial charge in [0, 0.05) is 24.1 Å². The molecule has 1 saturated heterocycles. The molecule has 0 bridgehead atoms. The number of nitrogens with zero attached hydrogens (tertiary/aromatic N) is 1. The second kappa shape index (κ2) is 10.6. The summed E-state index contributed by atoms with van der Waals surface area (Å²) in [5, 5.41) is 3.03. The summed E-state index contributed by atoms with van der Waals surface area (Å²) >= 11 is 0. The topological polar surface area (TPSA) is 41.6 Å². The van der Waals surface area contributed by atoms with E-state index in [0.29, 0.717) is 6.54 Å². The average Bonchev–Trinajstić information content (AvgIpc) is 3.08. The molecule has 1 amide bonds. The standard InChI is InChI=1S/C30H32F2N2O2/c1-29(2)18-25(28(35)34(29)20-22-14-16-26(36-3)17-15-22)19-30(31,32)21-33-27(23-10-6-4-7-11-23)24-12-8-5-9-13-24/h4-17,19,27,33H,18,20-21H2,1-3H3. The molecule has 3 aromatic rings. The molecule has 1 aliphatic rings. The third kappa shape index (κ3) is 6.00. The highest BCUT2D eigenvalue weighted by molar-refractivity contribution is 5.97. The van der Waals surface area contributed by atoms with Gasteiger partial charge in [0.25, 0.3) is 11.8 Å². The zero-order valence-corrected chi connectivity index (χ0v) is 20.9. The molecule has 6 heteroatoms. The van der Waals surface area contributed by atoms with E-state index in [1.165, 1.54) is 0 Å². The lowest BCUT2D eigenvalue weighted by Gasteiger charge is -2.31. The lowest BCUT2D eigenvalue weighted by molar-refractivity contribution is -0.128. The Labute approximate surface area is 211 Å². The van der Waals surface area contributed by atoms with Gasteiger partial charge in [0.1, 0.15) is 5.75 Å². The summed E-state index contributed by atoms with van der Waals surface area (Å²) < 4.78 is 35.6. The number of nitrogens with one attached hydrogen (secondary N) is 1. The molecule has 3 aromatic carbocycles. The van der Waals surface area contributed by atoms with Crippen LogP contribution in [0.15, 0.2) is 96.6 Å². The molecule has 4 rings (SSSR count). The molecular formula is C30H32F2N2O2. The van der Waals surface area contributed by atoms with Gasteiger partial charge in [0.15, 0.2) is 0 Å². The Hall–Kier alpha value is -3.51. The number of hydrogen-bond acceptors (Lipinski definition) is 3. The predicted octanol–water partition coefficient (Wildman–Crippen LogP) is 6.15. The number of rotatable bonds is 9. The van der Waals surface area contributed by atoms with E-state index in [2.05, 4.69) is 5.32 Å². The van der Waals surface area contributed by atoms with Gasteiger partial charge in [-0.2, -0.15) is 0 Å². The number of halogens is 2. The van der Waals surface area contributed by atoms with Gasteiger partial charge in [-0.15, -0.1) is 0 Å². The van der Waals surface area contributed by atoms with Crippen molar-refractivity contribution in [3.05, 3.63) is 113 Å². The first-order valence-corrected chi connectivity index (χ1v) is 12.1. The van der Waals surface area contributed by atoms with Crippen LogP contribution in [0.3, 0.4) is 0 Å². The third-order valence-electron chi connectivity index (χ3n) is 6.57. The van der Waals surface area contributed by atoms with E-state index in [4.69, 9.17) is 4.74 Å². The molecule has 1 aliphatic heterocycles. The van der Waals surface area contributed by atoms with Crippen molar-refractivity contribution >= 4 is 5.91 Å². The summed E-state index contributed by atoms with van der Waals surface area (Å²) in [6, 6.07) is 26.1. The number of likely N-dealkylation sites (tertiary alicyclic amines) is 1. The number of carbonyl (C=O) groups excluding carboxylic acids is 1. The minimum Gasteiger partial charge on any atom is -0.497 e. The quantitative estimate of drug-likeness (QED) is 0.366. The molecule has 0 unspecified atom stereocenters. The van der Waals surface area contributed by atoms with Gasteiger partial charge in [0.2, 0.25) is 0 Å². The first kappa shape index (κ1) is 25.6. The van der Waals surface area contributed by atoms with Crippen LogP contribution in [-0.2, 0) is 11.3 Å². The maximum atomic E-state index is 15.2. The van der Waals surface area contributed by atoms with Crippen molar-refractivity contribution in [1.29, 1.82) is 0 Å². The molecule has 0 aliphatic carbocycles. The molecule has 36 heavy (non-hydrogen) atoms. The first-order valence-electron chi connectivity index (χ1n) is 12.1. The molecule has 0 aromatic heterocycles. The van der Waals surface area contributed by atoms with Crippen molar-refractivity contribution in [2.75, 3.05) is 13.7 Å². The minimum absolute atomic E-state index is 0.149. The monoisotopic (exact) mass is 490 g/mol. The maximum Gasteiger partial charge on any atom is 0.279 e. The van der Waals surface area contributed by atoms with Gasteiger partial charge in [-0.1, -0.05) is 72.8 Å². The van der Waals surface area contributed by atoms with Gasteiger partial charge in [-0.25, -0.2) is 8.78 Å². The summed E-state index contributed by atoms with van der Waals surface area (Å²) in [4.78, 5) is 14.9. The van der Waals surface area contributed by atoms with Gasteiger partial charge < -0.3 is 15.0 Å². The molecule has 4 nitrogen and oxygen atoms in total. The highest BCUT2D eigenvalue weighted by Crippen LogP contribution is 2.37. The van der Waals surface area contributed by atoms with Gasteiger partial charge in [-0.3, -0.25) is 4.79 Å². The van der Waals surface area contributed by atoms with Crippen molar-refractivity contribution in [1.82, 2.24) is 10.2 Å². The summed E-state index contributed by atoms with van der Waals surface area (Å²) in [6.07, 6.45) is 1.11. The van der Waals surface area contributed by atoms with Crippen molar-refractivity contribution in [3.8, 4) is 5.75 Å². The van der Waals surface area contributed by atoms with Gasteiger partial charge in [0.05, 0.1) is 19.7 Å². The van der Waals surface area contributed by atoms with Crippen LogP contribution >= 0.6 is 0 Å². The van der Waals surface area contributed by atoms with Crippen LogP contribution in [0.5, 0.6) is 5.75 Å². The van der Waals surface area contributed by atoms with E-state index in [1.807, 2.05) is 98.8 Å². The third-order valence-corrected chi connectivity index (χ3v) is 6.57. The van der Waals surface area contributed by atoms with Crippen molar-refractivity contribution in [3.63, 3.8) is 0 Å². The number of benzene rings is 3. The Morgan fingerprint density at radius 1 is 0.972 bits per heavy atom. The van der Waals surface area contributed by atoms with E-state index < -0.39 is 18.0 Å². The number of methoxy groups -OCH3 is 1. The summed E-state index contributed by atoms with van der Waals surface area (Å²) in [7, 11) is 1.59. The van der Waals surface area contributed by atoms with E-state index in [0.717, 1.165) is 28.5 Å². The molecule has 0 spiro atoms. The molecule has 1 N–H and O–H groups in total. The second-order valence-corrected chi connectivity index (χ2v) is 9.79. The molecule has 188 valence electrons. The van der Waals surface area contributed by atoms with Crippen LogP contribution in [0.1, 0.15) is 43.0 Å². The zero-order chi connectivity index (χ0) is 25.8. The number of amides is 1. The lowest BCUT2D eigenvalue weighted by Crippen LogP contribution is -2.40. The molecule has 1 fully saturated rings. The van der Waals surface area contributed by atoms with Crippen LogP contribution in [-0.4, -0.2) is 35.9 Å². The summed E-state index contributed by atoms with van der Waals surface area (Å²) in [5.41, 5.74) is 2.30. The molecule has 0 saturated carbocycles. The van der Waals surface area contributed by atoms with E-state index in [9.17, 15) is 4.79 Å². The molecule has 0 atom stereocenters. The summed E-state index contributed by atoms with van der Waals surface area (Å²) in [6.45, 7) is 3.58. The molecule has 1 heterocycles. The van der Waals surface area contributed by atoms with Crippen LogP contribution in [0, 0.1) is 0 Å². The van der Waals surface area contributed by atoms with Crippen LogP contribution in [0.25, 0.3) is 0 Å². The van der Waals surface area contributed by atoms with Crippen LogP contribution in [0.2, 0.25) is 0 Å². The van der Waals surface area contributed by atoms with Crippen LogP contribution in [0.4, 0.5) is 8.78 Å². The Balaban J connectivity index is 1.50. The Bertz CT molecular complexity index is 1150. The number of alkyl halides is 2. The Morgan fingerprint density at radius 3 is 2.06 bits per heavy atom. The zero-order valence-electron chi connectivity index (χ0n) is 20.9. The summed E-state index contributed by atoms with van der Waals surface area (Å²) in [5.74, 6) is -2.82. The van der Waals surface area contributed by atoms with E-state index >= 15 is 8.78 Å². The Kier molecular flexibility index (Phi) is 7.55. The molecule has 0 radical (unpaired) electrons. The largest absolute Gasteiger partial charge is 0.497 e. The van der Waals surface area contributed by atoms with Gasteiger partial charge in [-0.05, 0) is 48.7 Å². The fourth-order valence-corrected chi connectivity index (χ4v) is 4.66. The fraction of sp³-hybridized carbons (Fsp3) is 0.300. The van der Waals surface area contributed by atoms with Crippen molar-refractivity contribution in [2.24, 2.45) is 0 Å². The fourth-order valence-electron chi connectivity index (χ4n) is 4.66. The number of ether oxygens (including phenoxy) is 1. The molecular weight excluding hydrogens is 458 g/mol. The van der Waals surface area contributed by atoms with Crippen molar-refractivity contribution in [2.45, 2.75) is 44.3 Å². The number of carbonyl (C=O) groups is 1. The highest BCUT2D eigenvalue weighted by atomic mass is 19.3. The lowest BCUT2D eigenvalue weighted by atomic mass is 9.97. The maximum absolute atomic E-state index is 15.2. The van der Waals surface area contributed by atoms with Crippen molar-refractivity contribution < 1.29 is 18.3 Å². The highest BCUT2D eigenvalue weighted by Gasteiger charge is 2.43. The SMILES string of the molecule is COc1ccc(CN2C(=O)C(=CC(F)(F)CNC(c3ccccc3)c3ccccc3)CC2(C)C)cc1. The van der Waals surface area contributed by atoms with Crippen LogP contribution < -0.4 is 10.1 Å². The second-order valence-electron chi connectivity index (χ2n) is 9.79. The minimum atomic E-state index is -3.20. The predicted molar refractivity (Wildman–Crippen MR) is 138 cm³/mol. The normalized spacial score (nSPS) is 16.7. The van der Waals surface area contributed by atoms with E-state index in [1.54, 1.807) is 12.0 Å².